The standard InChI is InChI=1S/C19H20F3N3O3/c20-19(21,22)12-3-8-17(23-10-12)27-14-6-4-13(5-7-14)24-18(26)15-9-16(28-25-15)11-1-2-11/h3,8-11,13-14H,1-2,4-7H2,(H,24,26). The minimum absolute atomic E-state index is 0.00832. The third-order valence-electron chi connectivity index (χ3n) is 5.10. The summed E-state index contributed by atoms with van der Waals surface area (Å²) in [6, 6.07) is 3.91. The normalized spacial score (nSPS) is 22.7. The molecule has 150 valence electrons. The van der Waals surface area contributed by atoms with Gasteiger partial charge in [-0.25, -0.2) is 4.98 Å². The van der Waals surface area contributed by atoms with Crippen molar-refractivity contribution in [3.05, 3.63) is 41.4 Å². The van der Waals surface area contributed by atoms with Crippen LogP contribution in [0.3, 0.4) is 0 Å². The number of carbonyl (C=O) groups is 1. The number of alkyl halides is 3. The van der Waals surface area contributed by atoms with Gasteiger partial charge in [0.05, 0.1) is 5.56 Å². The molecule has 0 aromatic carbocycles. The number of halogens is 3. The maximum absolute atomic E-state index is 12.6. The lowest BCUT2D eigenvalue weighted by atomic mass is 9.93. The van der Waals surface area contributed by atoms with E-state index in [1.807, 2.05) is 0 Å². The summed E-state index contributed by atoms with van der Waals surface area (Å²) in [6.45, 7) is 0. The number of nitrogens with one attached hydrogen (secondary N) is 1. The van der Waals surface area contributed by atoms with Crippen molar-refractivity contribution in [1.82, 2.24) is 15.5 Å². The van der Waals surface area contributed by atoms with Crippen molar-refractivity contribution in [2.75, 3.05) is 0 Å². The molecule has 0 bridgehead atoms. The van der Waals surface area contributed by atoms with Crippen molar-refractivity contribution < 1.29 is 27.2 Å². The van der Waals surface area contributed by atoms with Gasteiger partial charge >= 0.3 is 6.18 Å². The van der Waals surface area contributed by atoms with Gasteiger partial charge in [0.2, 0.25) is 5.88 Å². The molecule has 2 aliphatic rings. The van der Waals surface area contributed by atoms with E-state index in [4.69, 9.17) is 9.26 Å². The van der Waals surface area contributed by atoms with E-state index in [0.29, 0.717) is 37.3 Å². The van der Waals surface area contributed by atoms with Crippen LogP contribution in [0, 0.1) is 0 Å². The van der Waals surface area contributed by atoms with Crippen LogP contribution < -0.4 is 10.1 Å². The summed E-state index contributed by atoms with van der Waals surface area (Å²) in [6.07, 6.45) is 1.17. The SMILES string of the molecule is O=C(NC1CCC(Oc2ccc(C(F)(F)F)cn2)CC1)c1cc(C2CC2)on1. The van der Waals surface area contributed by atoms with Gasteiger partial charge in [-0.1, -0.05) is 5.16 Å². The molecule has 2 fully saturated rings. The second-order valence-corrected chi connectivity index (χ2v) is 7.34. The van der Waals surface area contributed by atoms with Crippen LogP contribution in [0.25, 0.3) is 0 Å². The van der Waals surface area contributed by atoms with E-state index >= 15 is 0 Å². The monoisotopic (exact) mass is 395 g/mol. The van der Waals surface area contributed by atoms with Gasteiger partial charge in [0.25, 0.3) is 5.91 Å². The fourth-order valence-corrected chi connectivity index (χ4v) is 3.33. The molecule has 2 heterocycles. The van der Waals surface area contributed by atoms with Crippen LogP contribution in [-0.2, 0) is 6.18 Å². The molecule has 4 rings (SSSR count). The molecule has 0 unspecified atom stereocenters. The number of rotatable bonds is 5. The molecule has 0 spiro atoms. The number of hydrogen-bond donors (Lipinski definition) is 1. The number of ether oxygens (including phenoxy) is 1. The first-order valence-corrected chi connectivity index (χ1v) is 9.36. The molecule has 9 heteroatoms. The Bertz CT molecular complexity index is 823. The first-order chi connectivity index (χ1) is 13.4. The Kier molecular flexibility index (Phi) is 4.99. The van der Waals surface area contributed by atoms with Crippen molar-refractivity contribution in [1.29, 1.82) is 0 Å². The first kappa shape index (κ1) is 18.8. The fourth-order valence-electron chi connectivity index (χ4n) is 3.33. The lowest BCUT2D eigenvalue weighted by Crippen LogP contribution is -2.39. The summed E-state index contributed by atoms with van der Waals surface area (Å²) in [5, 5.41) is 6.80. The van der Waals surface area contributed by atoms with Gasteiger partial charge < -0.3 is 14.6 Å². The maximum Gasteiger partial charge on any atom is 0.417 e. The summed E-state index contributed by atoms with van der Waals surface area (Å²) in [7, 11) is 0. The predicted molar refractivity (Wildman–Crippen MR) is 91.9 cm³/mol. The average molecular weight is 395 g/mol. The van der Waals surface area contributed by atoms with Crippen LogP contribution in [0.2, 0.25) is 0 Å². The van der Waals surface area contributed by atoms with Gasteiger partial charge in [-0.2, -0.15) is 13.2 Å². The lowest BCUT2D eigenvalue weighted by molar-refractivity contribution is -0.137. The quantitative estimate of drug-likeness (QED) is 0.825. The molecule has 0 radical (unpaired) electrons. The zero-order valence-corrected chi connectivity index (χ0v) is 15.0. The average Bonchev–Trinajstić information content (AvgIpc) is 3.39. The molecule has 2 saturated carbocycles. The van der Waals surface area contributed by atoms with E-state index < -0.39 is 11.7 Å². The second-order valence-electron chi connectivity index (χ2n) is 7.34. The van der Waals surface area contributed by atoms with Crippen molar-refractivity contribution >= 4 is 5.91 Å². The number of nitrogens with zero attached hydrogens (tertiary/aromatic N) is 2. The molecule has 0 aliphatic heterocycles. The van der Waals surface area contributed by atoms with Crippen molar-refractivity contribution in [2.24, 2.45) is 0 Å². The Morgan fingerprint density at radius 3 is 2.50 bits per heavy atom. The first-order valence-electron chi connectivity index (χ1n) is 9.36. The number of pyridine rings is 1. The van der Waals surface area contributed by atoms with Gasteiger partial charge in [0, 0.05) is 30.3 Å². The Hall–Kier alpha value is -2.58. The molecule has 1 amide bonds. The summed E-state index contributed by atoms with van der Waals surface area (Å²) in [4.78, 5) is 16.0. The maximum atomic E-state index is 12.6. The largest absolute Gasteiger partial charge is 0.474 e. The zero-order chi connectivity index (χ0) is 19.7. The zero-order valence-electron chi connectivity index (χ0n) is 15.0. The fraction of sp³-hybridized carbons (Fsp3) is 0.526. The van der Waals surface area contributed by atoms with E-state index in [0.717, 1.165) is 30.9 Å². The predicted octanol–water partition coefficient (Wildman–Crippen LogP) is 4.09. The minimum Gasteiger partial charge on any atom is -0.474 e. The molecule has 28 heavy (non-hydrogen) atoms. The Morgan fingerprint density at radius 1 is 1.14 bits per heavy atom. The van der Waals surface area contributed by atoms with E-state index in [-0.39, 0.29) is 23.9 Å². The molecule has 2 aliphatic carbocycles. The van der Waals surface area contributed by atoms with Gasteiger partial charge in [0.15, 0.2) is 5.69 Å². The molecule has 2 aromatic rings. The highest BCUT2D eigenvalue weighted by Crippen LogP contribution is 2.40. The summed E-state index contributed by atoms with van der Waals surface area (Å²) < 4.78 is 48.6. The number of aromatic nitrogens is 2. The molecular formula is C19H20F3N3O3. The van der Waals surface area contributed by atoms with Crippen LogP contribution in [0.4, 0.5) is 13.2 Å². The Labute approximate surface area is 159 Å². The van der Waals surface area contributed by atoms with Crippen LogP contribution in [0.15, 0.2) is 28.9 Å². The van der Waals surface area contributed by atoms with E-state index in [9.17, 15) is 18.0 Å². The van der Waals surface area contributed by atoms with Crippen LogP contribution in [-0.4, -0.2) is 28.2 Å². The molecule has 0 saturated heterocycles. The van der Waals surface area contributed by atoms with Crippen LogP contribution in [0.5, 0.6) is 5.88 Å². The number of carbonyl (C=O) groups excluding carboxylic acids is 1. The third kappa shape index (κ3) is 4.45. The molecule has 1 N–H and O–H groups in total. The van der Waals surface area contributed by atoms with Gasteiger partial charge in [-0.15, -0.1) is 0 Å². The summed E-state index contributed by atoms with van der Waals surface area (Å²) in [5.74, 6) is 1.10. The van der Waals surface area contributed by atoms with E-state index in [2.05, 4.69) is 15.5 Å². The molecule has 2 aromatic heterocycles. The van der Waals surface area contributed by atoms with Gasteiger partial charge in [0.1, 0.15) is 11.9 Å². The Morgan fingerprint density at radius 2 is 1.89 bits per heavy atom. The highest BCUT2D eigenvalue weighted by Gasteiger charge is 2.32. The van der Waals surface area contributed by atoms with Gasteiger partial charge in [-0.05, 0) is 44.6 Å². The van der Waals surface area contributed by atoms with Crippen molar-refractivity contribution in [3.63, 3.8) is 0 Å². The second kappa shape index (κ2) is 7.44. The van der Waals surface area contributed by atoms with Crippen molar-refractivity contribution in [2.45, 2.75) is 62.8 Å². The number of amides is 1. The highest BCUT2D eigenvalue weighted by atomic mass is 19.4. The summed E-state index contributed by atoms with van der Waals surface area (Å²) >= 11 is 0. The van der Waals surface area contributed by atoms with E-state index in [1.165, 1.54) is 6.07 Å². The number of hydrogen-bond acceptors (Lipinski definition) is 5. The van der Waals surface area contributed by atoms with E-state index in [1.54, 1.807) is 6.07 Å². The smallest absolute Gasteiger partial charge is 0.417 e. The van der Waals surface area contributed by atoms with Crippen LogP contribution >= 0.6 is 0 Å². The van der Waals surface area contributed by atoms with Crippen LogP contribution in [0.1, 0.15) is 66.3 Å². The third-order valence-corrected chi connectivity index (χ3v) is 5.10. The molecular weight excluding hydrogens is 375 g/mol. The molecule has 6 nitrogen and oxygen atoms in total. The Balaban J connectivity index is 1.24. The minimum atomic E-state index is -4.41. The summed E-state index contributed by atoms with van der Waals surface area (Å²) in [5.41, 5.74) is -0.502. The highest BCUT2D eigenvalue weighted by molar-refractivity contribution is 5.92. The topological polar surface area (TPSA) is 77.2 Å². The molecule has 0 atom stereocenters. The lowest BCUT2D eigenvalue weighted by Gasteiger charge is -2.29. The van der Waals surface area contributed by atoms with Gasteiger partial charge in [-0.3, -0.25) is 4.79 Å². The van der Waals surface area contributed by atoms with Crippen molar-refractivity contribution in [3.8, 4) is 5.88 Å².